The molecule has 0 spiro atoms. The third-order valence-corrected chi connectivity index (χ3v) is 3.57. The molecule has 0 aliphatic carbocycles. The number of hydrogen-bond donors (Lipinski definition) is 4. The normalized spacial score (nSPS) is 17.9. The van der Waals surface area contributed by atoms with Gasteiger partial charge in [-0.3, -0.25) is 10.0 Å². The second-order valence-corrected chi connectivity index (χ2v) is 4.80. The van der Waals surface area contributed by atoms with E-state index in [2.05, 4.69) is 15.3 Å². The molecule has 1 amide bonds. The quantitative estimate of drug-likeness (QED) is 0.486. The third kappa shape index (κ3) is 1.83. The Hall–Kier alpha value is -1.99. The second-order valence-electron chi connectivity index (χ2n) is 3.78. The maximum absolute atomic E-state index is 11.3. The van der Waals surface area contributed by atoms with Crippen molar-refractivity contribution in [1.82, 2.24) is 20.8 Å². The number of hydrogen-bond acceptors (Lipinski definition) is 5. The topological polar surface area (TPSA) is 90.0 Å². The van der Waals surface area contributed by atoms with Crippen LogP contribution in [0.1, 0.15) is 21.6 Å². The second kappa shape index (κ2) is 4.35. The molecular weight excluding hydrogens is 252 g/mol. The Kier molecular flexibility index (Phi) is 2.69. The summed E-state index contributed by atoms with van der Waals surface area (Å²) in [7, 11) is 0. The number of imidazole rings is 1. The van der Waals surface area contributed by atoms with Gasteiger partial charge in [0.25, 0.3) is 5.91 Å². The Morgan fingerprint density at radius 3 is 3.11 bits per heavy atom. The summed E-state index contributed by atoms with van der Waals surface area (Å²) >= 11 is 1.62. The summed E-state index contributed by atoms with van der Waals surface area (Å²) in [5.41, 5.74) is 3.54. The Balaban J connectivity index is 1.98. The molecule has 1 unspecified atom stereocenters. The lowest BCUT2D eigenvalue weighted by molar-refractivity contribution is 0.0706. The SMILES string of the molecule is O=C(NO)c1ccc2nc(C3NC=CS3)[nH]c2c1. The Morgan fingerprint density at radius 1 is 1.50 bits per heavy atom. The first-order valence-electron chi connectivity index (χ1n) is 5.28. The number of H-pyrrole nitrogens is 1. The number of hydroxylamine groups is 1. The summed E-state index contributed by atoms with van der Waals surface area (Å²) in [5, 5.41) is 13.8. The summed E-state index contributed by atoms with van der Waals surface area (Å²) in [6, 6.07) is 5.02. The Morgan fingerprint density at radius 2 is 2.39 bits per heavy atom. The number of rotatable bonds is 2. The van der Waals surface area contributed by atoms with Crippen LogP contribution in [0.15, 0.2) is 29.8 Å². The number of amides is 1. The van der Waals surface area contributed by atoms with Gasteiger partial charge in [-0.1, -0.05) is 11.8 Å². The zero-order valence-electron chi connectivity index (χ0n) is 9.18. The van der Waals surface area contributed by atoms with Crippen molar-refractivity contribution in [3.63, 3.8) is 0 Å². The molecule has 2 aromatic rings. The summed E-state index contributed by atoms with van der Waals surface area (Å²) in [4.78, 5) is 18.9. The monoisotopic (exact) mass is 262 g/mol. The lowest BCUT2D eigenvalue weighted by Crippen LogP contribution is -2.18. The van der Waals surface area contributed by atoms with Gasteiger partial charge < -0.3 is 10.3 Å². The largest absolute Gasteiger partial charge is 0.372 e. The molecule has 1 aromatic carbocycles. The lowest BCUT2D eigenvalue weighted by Gasteiger charge is -2.04. The van der Waals surface area contributed by atoms with Crippen LogP contribution in [-0.4, -0.2) is 21.1 Å². The zero-order valence-corrected chi connectivity index (χ0v) is 9.99. The number of carbonyl (C=O) groups excluding carboxylic acids is 1. The highest BCUT2D eigenvalue weighted by Gasteiger charge is 2.17. The first-order valence-corrected chi connectivity index (χ1v) is 6.23. The molecule has 1 atom stereocenters. The number of aromatic amines is 1. The van der Waals surface area contributed by atoms with Crippen LogP contribution >= 0.6 is 11.8 Å². The van der Waals surface area contributed by atoms with Gasteiger partial charge in [0.1, 0.15) is 11.2 Å². The molecule has 0 bridgehead atoms. The summed E-state index contributed by atoms with van der Waals surface area (Å²) < 4.78 is 0. The predicted octanol–water partition coefficient (Wildman–Crippen LogP) is 1.49. The van der Waals surface area contributed by atoms with Gasteiger partial charge in [0.15, 0.2) is 0 Å². The van der Waals surface area contributed by atoms with Gasteiger partial charge in [0.2, 0.25) is 0 Å². The van der Waals surface area contributed by atoms with Crippen molar-refractivity contribution in [3.05, 3.63) is 41.2 Å². The van der Waals surface area contributed by atoms with E-state index < -0.39 is 5.91 Å². The van der Waals surface area contributed by atoms with Gasteiger partial charge in [-0.2, -0.15) is 0 Å². The lowest BCUT2D eigenvalue weighted by atomic mass is 10.2. The van der Waals surface area contributed by atoms with E-state index in [1.54, 1.807) is 35.4 Å². The molecule has 4 N–H and O–H groups in total. The zero-order chi connectivity index (χ0) is 12.5. The van der Waals surface area contributed by atoms with Crippen LogP contribution in [0, 0.1) is 0 Å². The number of thioether (sulfide) groups is 1. The first-order chi connectivity index (χ1) is 8.78. The molecule has 0 radical (unpaired) electrons. The van der Waals surface area contributed by atoms with Gasteiger partial charge in [0, 0.05) is 11.8 Å². The minimum absolute atomic E-state index is 0.0764. The minimum Gasteiger partial charge on any atom is -0.372 e. The van der Waals surface area contributed by atoms with Crippen LogP contribution in [0.3, 0.4) is 0 Å². The van der Waals surface area contributed by atoms with Crippen molar-refractivity contribution in [2.24, 2.45) is 0 Å². The van der Waals surface area contributed by atoms with Crippen LogP contribution in [0.5, 0.6) is 0 Å². The molecule has 1 aromatic heterocycles. The van der Waals surface area contributed by atoms with Gasteiger partial charge in [0.05, 0.1) is 11.0 Å². The molecule has 0 saturated heterocycles. The van der Waals surface area contributed by atoms with E-state index in [1.807, 2.05) is 11.6 Å². The summed E-state index contributed by atoms with van der Waals surface area (Å²) in [6.45, 7) is 0. The van der Waals surface area contributed by atoms with E-state index in [4.69, 9.17) is 5.21 Å². The number of carbonyl (C=O) groups is 1. The van der Waals surface area contributed by atoms with Crippen molar-refractivity contribution in [2.75, 3.05) is 0 Å². The highest BCUT2D eigenvalue weighted by Crippen LogP contribution is 2.30. The van der Waals surface area contributed by atoms with Crippen LogP contribution in [0.2, 0.25) is 0 Å². The van der Waals surface area contributed by atoms with Crippen molar-refractivity contribution in [3.8, 4) is 0 Å². The van der Waals surface area contributed by atoms with Crippen molar-refractivity contribution >= 4 is 28.7 Å². The molecule has 1 aliphatic rings. The van der Waals surface area contributed by atoms with Gasteiger partial charge in [-0.05, 0) is 23.6 Å². The fraction of sp³-hybridized carbons (Fsp3) is 0.0909. The molecular formula is C11H10N4O2S. The number of nitrogens with zero attached hydrogens (tertiary/aromatic N) is 1. The van der Waals surface area contributed by atoms with Crippen LogP contribution < -0.4 is 10.8 Å². The summed E-state index contributed by atoms with van der Waals surface area (Å²) in [5.74, 6) is 0.268. The van der Waals surface area contributed by atoms with Crippen molar-refractivity contribution in [1.29, 1.82) is 0 Å². The number of benzene rings is 1. The van der Waals surface area contributed by atoms with Gasteiger partial charge in [-0.25, -0.2) is 10.5 Å². The fourth-order valence-electron chi connectivity index (χ4n) is 1.79. The summed E-state index contributed by atoms with van der Waals surface area (Å²) in [6.07, 6.45) is 1.87. The van der Waals surface area contributed by atoms with Crippen LogP contribution in [0.4, 0.5) is 0 Å². The smallest absolute Gasteiger partial charge is 0.274 e. The Labute approximate surface area is 106 Å². The maximum Gasteiger partial charge on any atom is 0.274 e. The van der Waals surface area contributed by atoms with Crippen LogP contribution in [-0.2, 0) is 0 Å². The first kappa shape index (κ1) is 11.1. The molecule has 0 fully saturated rings. The van der Waals surface area contributed by atoms with Crippen LogP contribution in [0.25, 0.3) is 11.0 Å². The maximum atomic E-state index is 11.3. The average Bonchev–Trinajstić information content (AvgIpc) is 3.04. The molecule has 0 saturated carbocycles. The van der Waals surface area contributed by atoms with E-state index in [1.165, 1.54) is 0 Å². The molecule has 2 heterocycles. The minimum atomic E-state index is -0.539. The van der Waals surface area contributed by atoms with E-state index in [9.17, 15) is 4.79 Å². The molecule has 1 aliphatic heterocycles. The number of fused-ring (bicyclic) bond motifs is 1. The Bertz CT molecular complexity index is 629. The molecule has 18 heavy (non-hydrogen) atoms. The predicted molar refractivity (Wildman–Crippen MR) is 68.0 cm³/mol. The fourth-order valence-corrected chi connectivity index (χ4v) is 2.50. The van der Waals surface area contributed by atoms with E-state index in [-0.39, 0.29) is 5.37 Å². The molecule has 92 valence electrons. The van der Waals surface area contributed by atoms with Crippen molar-refractivity contribution < 1.29 is 10.0 Å². The van der Waals surface area contributed by atoms with E-state index in [0.29, 0.717) is 5.56 Å². The van der Waals surface area contributed by atoms with Gasteiger partial charge in [-0.15, -0.1) is 0 Å². The molecule has 6 nitrogen and oxygen atoms in total. The average molecular weight is 262 g/mol. The highest BCUT2D eigenvalue weighted by atomic mass is 32.2. The van der Waals surface area contributed by atoms with E-state index >= 15 is 0 Å². The third-order valence-electron chi connectivity index (χ3n) is 2.64. The van der Waals surface area contributed by atoms with E-state index in [0.717, 1.165) is 16.9 Å². The molecule has 7 heteroatoms. The number of aromatic nitrogens is 2. The van der Waals surface area contributed by atoms with Crippen molar-refractivity contribution in [2.45, 2.75) is 5.37 Å². The standard InChI is InChI=1S/C11H10N4O2S/c16-10(15-17)6-1-2-7-8(5-6)14-9(13-7)11-12-3-4-18-11/h1-5,11-12,17H,(H,13,14)(H,15,16). The van der Waals surface area contributed by atoms with Gasteiger partial charge >= 0.3 is 0 Å². The highest BCUT2D eigenvalue weighted by molar-refractivity contribution is 8.02. The molecule has 3 rings (SSSR count). The number of nitrogens with one attached hydrogen (secondary N) is 3.